The topological polar surface area (TPSA) is 51.7 Å². The number of anilines is 1. The lowest BCUT2D eigenvalue weighted by Crippen LogP contribution is -2.37. The predicted octanol–water partition coefficient (Wildman–Crippen LogP) is 5.09. The van der Waals surface area contributed by atoms with E-state index in [9.17, 15) is 4.79 Å². The number of hydrogen-bond donors (Lipinski definition) is 0. The lowest BCUT2D eigenvalue weighted by atomic mass is 10.1. The molecule has 1 unspecified atom stereocenters. The first kappa shape index (κ1) is 19.2. The number of ether oxygens (including phenoxy) is 2. The number of methoxy groups -OCH3 is 1. The fourth-order valence-electron chi connectivity index (χ4n) is 3.36. The van der Waals surface area contributed by atoms with Crippen molar-refractivity contribution in [1.29, 1.82) is 0 Å². The van der Waals surface area contributed by atoms with Crippen molar-refractivity contribution >= 4 is 44.2 Å². The molecule has 2 aromatic carbocycles. The summed E-state index contributed by atoms with van der Waals surface area (Å²) in [6, 6.07) is 11.0. The molecular formula is C21H21ClN2O3S. The second-order valence-electron chi connectivity index (χ2n) is 6.82. The molecule has 1 aromatic heterocycles. The summed E-state index contributed by atoms with van der Waals surface area (Å²) in [4.78, 5) is 19.9. The molecule has 1 aliphatic rings. The first-order valence-electron chi connectivity index (χ1n) is 9.20. The van der Waals surface area contributed by atoms with Crippen LogP contribution in [0.5, 0.6) is 5.75 Å². The molecule has 3 aromatic rings. The number of halogens is 1. The van der Waals surface area contributed by atoms with Crippen LogP contribution in [-0.4, -0.2) is 37.3 Å². The fraction of sp³-hybridized carbons (Fsp3) is 0.333. The SMILES string of the molecule is COc1cccc(C(=O)N(CC2CCCO2)c2nc3c(C)ccc(Cl)c3s2)c1. The highest BCUT2D eigenvalue weighted by atomic mass is 35.5. The van der Waals surface area contributed by atoms with Gasteiger partial charge in [-0.15, -0.1) is 0 Å². The molecule has 1 saturated heterocycles. The number of nitrogens with zero attached hydrogens (tertiary/aromatic N) is 2. The number of hydrogen-bond acceptors (Lipinski definition) is 5. The number of rotatable bonds is 5. The number of fused-ring (bicyclic) bond motifs is 1. The van der Waals surface area contributed by atoms with Crippen LogP contribution in [0.1, 0.15) is 28.8 Å². The molecule has 1 fully saturated rings. The van der Waals surface area contributed by atoms with Crippen molar-refractivity contribution in [3.63, 3.8) is 0 Å². The van der Waals surface area contributed by atoms with Crippen molar-refractivity contribution in [3.8, 4) is 5.75 Å². The summed E-state index contributed by atoms with van der Waals surface area (Å²) in [5, 5.41) is 1.28. The molecule has 1 atom stereocenters. The lowest BCUT2D eigenvalue weighted by Gasteiger charge is -2.23. The maximum Gasteiger partial charge on any atom is 0.260 e. The number of carbonyl (C=O) groups excluding carboxylic acids is 1. The Morgan fingerprint density at radius 1 is 1.39 bits per heavy atom. The largest absolute Gasteiger partial charge is 0.497 e. The summed E-state index contributed by atoms with van der Waals surface area (Å²) < 4.78 is 12.0. The van der Waals surface area contributed by atoms with Crippen LogP contribution < -0.4 is 9.64 Å². The molecule has 0 N–H and O–H groups in total. The smallest absolute Gasteiger partial charge is 0.260 e. The Morgan fingerprint density at radius 3 is 2.96 bits per heavy atom. The van der Waals surface area contributed by atoms with Crippen molar-refractivity contribution in [2.24, 2.45) is 0 Å². The third-order valence-corrected chi connectivity index (χ3v) is 6.43. The van der Waals surface area contributed by atoms with Gasteiger partial charge in [-0.25, -0.2) is 4.98 Å². The summed E-state index contributed by atoms with van der Waals surface area (Å²) in [6.07, 6.45) is 1.96. The summed E-state index contributed by atoms with van der Waals surface area (Å²) in [6.45, 7) is 3.19. The summed E-state index contributed by atoms with van der Waals surface area (Å²) in [5.41, 5.74) is 2.43. The third kappa shape index (κ3) is 3.72. The number of aryl methyl sites for hydroxylation is 1. The monoisotopic (exact) mass is 416 g/mol. The van der Waals surface area contributed by atoms with Crippen LogP contribution in [0.15, 0.2) is 36.4 Å². The van der Waals surface area contributed by atoms with Gasteiger partial charge in [0.25, 0.3) is 5.91 Å². The molecule has 1 amide bonds. The van der Waals surface area contributed by atoms with Gasteiger partial charge in [0.15, 0.2) is 5.13 Å². The van der Waals surface area contributed by atoms with E-state index >= 15 is 0 Å². The first-order valence-corrected chi connectivity index (χ1v) is 10.4. The number of carbonyl (C=O) groups is 1. The number of amides is 1. The van der Waals surface area contributed by atoms with Crippen LogP contribution in [0.2, 0.25) is 5.02 Å². The maximum atomic E-state index is 13.4. The van der Waals surface area contributed by atoms with Gasteiger partial charge in [0.05, 0.1) is 35.0 Å². The van der Waals surface area contributed by atoms with Gasteiger partial charge in [-0.05, 0) is 49.6 Å². The van der Waals surface area contributed by atoms with Crippen LogP contribution in [0, 0.1) is 6.92 Å². The second kappa shape index (κ2) is 8.07. The summed E-state index contributed by atoms with van der Waals surface area (Å²) in [5.74, 6) is 0.522. The average Bonchev–Trinajstić information content (AvgIpc) is 3.39. The molecule has 2 heterocycles. The minimum Gasteiger partial charge on any atom is -0.497 e. The highest BCUT2D eigenvalue weighted by Gasteiger charge is 2.27. The molecule has 0 saturated carbocycles. The molecule has 0 bridgehead atoms. The van der Waals surface area contributed by atoms with Crippen molar-refractivity contribution in [1.82, 2.24) is 4.98 Å². The van der Waals surface area contributed by atoms with E-state index in [2.05, 4.69) is 0 Å². The van der Waals surface area contributed by atoms with Gasteiger partial charge in [0, 0.05) is 12.2 Å². The van der Waals surface area contributed by atoms with Gasteiger partial charge in [-0.3, -0.25) is 9.69 Å². The Hall–Kier alpha value is -2.15. The third-order valence-electron chi connectivity index (χ3n) is 4.89. The quantitative estimate of drug-likeness (QED) is 0.581. The highest BCUT2D eigenvalue weighted by molar-refractivity contribution is 7.23. The van der Waals surface area contributed by atoms with E-state index in [4.69, 9.17) is 26.1 Å². The normalized spacial score (nSPS) is 16.5. The van der Waals surface area contributed by atoms with Gasteiger partial charge in [0.2, 0.25) is 0 Å². The Kier molecular flexibility index (Phi) is 5.53. The molecular weight excluding hydrogens is 396 g/mol. The van der Waals surface area contributed by atoms with Gasteiger partial charge in [0.1, 0.15) is 5.75 Å². The maximum absolute atomic E-state index is 13.4. The Balaban J connectivity index is 1.75. The summed E-state index contributed by atoms with van der Waals surface area (Å²) >= 11 is 7.82. The molecule has 146 valence electrons. The zero-order chi connectivity index (χ0) is 19.7. The van der Waals surface area contributed by atoms with Crippen LogP contribution in [0.25, 0.3) is 10.2 Å². The van der Waals surface area contributed by atoms with Crippen LogP contribution in [0.3, 0.4) is 0 Å². The lowest BCUT2D eigenvalue weighted by molar-refractivity contribution is 0.0917. The van der Waals surface area contributed by atoms with E-state index < -0.39 is 0 Å². The van der Waals surface area contributed by atoms with Crippen LogP contribution >= 0.6 is 22.9 Å². The summed E-state index contributed by atoms with van der Waals surface area (Å²) in [7, 11) is 1.59. The number of benzene rings is 2. The van der Waals surface area contributed by atoms with E-state index in [1.165, 1.54) is 11.3 Å². The van der Waals surface area contributed by atoms with E-state index in [1.54, 1.807) is 24.1 Å². The predicted molar refractivity (Wildman–Crippen MR) is 113 cm³/mol. The number of thiazole rings is 1. The van der Waals surface area contributed by atoms with E-state index in [1.807, 2.05) is 31.2 Å². The Bertz CT molecular complexity index is 975. The van der Waals surface area contributed by atoms with Crippen LogP contribution in [-0.2, 0) is 4.74 Å². The highest BCUT2D eigenvalue weighted by Crippen LogP contribution is 2.36. The fourth-order valence-corrected chi connectivity index (χ4v) is 4.68. The molecule has 0 spiro atoms. The van der Waals surface area contributed by atoms with Crippen LogP contribution in [0.4, 0.5) is 5.13 Å². The minimum atomic E-state index is -0.123. The van der Waals surface area contributed by atoms with E-state index in [0.29, 0.717) is 28.0 Å². The zero-order valence-electron chi connectivity index (χ0n) is 15.8. The van der Waals surface area contributed by atoms with E-state index in [0.717, 1.165) is 35.2 Å². The molecule has 1 aliphatic heterocycles. The van der Waals surface area contributed by atoms with Gasteiger partial charge >= 0.3 is 0 Å². The van der Waals surface area contributed by atoms with Gasteiger partial charge in [-0.1, -0.05) is 35.1 Å². The first-order chi connectivity index (χ1) is 13.6. The number of aromatic nitrogens is 1. The average molecular weight is 417 g/mol. The zero-order valence-corrected chi connectivity index (χ0v) is 17.3. The second-order valence-corrected chi connectivity index (χ2v) is 8.21. The van der Waals surface area contributed by atoms with Crippen molar-refractivity contribution in [2.45, 2.75) is 25.9 Å². The van der Waals surface area contributed by atoms with Gasteiger partial charge < -0.3 is 9.47 Å². The molecule has 28 heavy (non-hydrogen) atoms. The molecule has 0 radical (unpaired) electrons. The molecule has 4 rings (SSSR count). The Morgan fingerprint density at radius 2 is 2.25 bits per heavy atom. The van der Waals surface area contributed by atoms with E-state index in [-0.39, 0.29) is 12.0 Å². The minimum absolute atomic E-state index is 0.0122. The molecule has 7 heteroatoms. The standard InChI is InChI=1S/C21H21ClN2O3S/c1-13-8-9-17(22)19-18(13)23-21(28-19)24(12-16-7-4-10-27-16)20(25)14-5-3-6-15(11-14)26-2/h3,5-6,8-9,11,16H,4,7,10,12H2,1-2H3. The molecule has 0 aliphatic carbocycles. The Labute approximate surface area is 172 Å². The van der Waals surface area contributed by atoms with Crippen molar-refractivity contribution in [2.75, 3.05) is 25.2 Å². The van der Waals surface area contributed by atoms with Crippen molar-refractivity contribution in [3.05, 3.63) is 52.5 Å². The van der Waals surface area contributed by atoms with Crippen molar-refractivity contribution < 1.29 is 14.3 Å². The van der Waals surface area contributed by atoms with Gasteiger partial charge in [-0.2, -0.15) is 0 Å². The molecule has 5 nitrogen and oxygen atoms in total.